The number of benzene rings is 4. The number of methoxy groups -OCH3 is 1. The Kier molecular flexibility index (Phi) is 10.2. The van der Waals surface area contributed by atoms with Crippen LogP contribution in [0, 0.1) is 5.92 Å². The van der Waals surface area contributed by atoms with E-state index in [1.165, 1.54) is 0 Å². The smallest absolute Gasteiger partial charge is 0.414 e. The summed E-state index contributed by atoms with van der Waals surface area (Å²) in [4.78, 5) is 62.5. The van der Waals surface area contributed by atoms with E-state index in [0.29, 0.717) is 55.3 Å². The van der Waals surface area contributed by atoms with Gasteiger partial charge in [-0.25, -0.2) is 9.59 Å². The molecule has 5 atom stereocenters. The Morgan fingerprint density at radius 2 is 1.55 bits per heavy atom. The third-order valence-corrected chi connectivity index (χ3v) is 17.8. The Morgan fingerprint density at radius 1 is 0.867 bits per heavy atom. The van der Waals surface area contributed by atoms with Crippen LogP contribution in [0.4, 0.5) is 26.7 Å². The molecule has 3 saturated heterocycles. The number of anilines is 3. The first kappa shape index (κ1) is 39.7. The topological polar surface area (TPSA) is 138 Å². The number of ether oxygens (including phenoxy) is 4. The number of amides is 4. The van der Waals surface area contributed by atoms with Crippen molar-refractivity contribution in [2.75, 3.05) is 54.7 Å². The first-order chi connectivity index (χ1) is 28.9. The Hall–Kier alpha value is -5.70. The van der Waals surface area contributed by atoms with Crippen LogP contribution in [0.5, 0.6) is 5.75 Å². The molecule has 0 aromatic heterocycles. The number of hydrogen-bond donors (Lipinski definition) is 1. The summed E-state index contributed by atoms with van der Waals surface area (Å²) in [6.07, 6.45) is -0.989. The van der Waals surface area contributed by atoms with Crippen molar-refractivity contribution in [3.05, 3.63) is 113 Å². The molecule has 0 saturated carbocycles. The molecule has 4 aromatic carbocycles. The fourth-order valence-electron chi connectivity index (χ4n) is 10.4. The van der Waals surface area contributed by atoms with E-state index >= 15 is 4.79 Å². The number of rotatable bonds is 10. The second kappa shape index (κ2) is 15.4. The molecule has 14 heteroatoms. The fraction of sp³-hybridized carbons (Fsp3) is 0.391. The van der Waals surface area contributed by atoms with Crippen molar-refractivity contribution in [1.82, 2.24) is 4.90 Å². The summed E-state index contributed by atoms with van der Waals surface area (Å²) in [6, 6.07) is 28.8. The lowest BCUT2D eigenvalue weighted by atomic mass is 9.82. The van der Waals surface area contributed by atoms with Crippen LogP contribution < -0.4 is 24.6 Å². The minimum absolute atomic E-state index is 0.0107. The third kappa shape index (κ3) is 6.52. The molecule has 4 aromatic rings. The molecule has 13 nitrogen and oxygen atoms in total. The third-order valence-electron chi connectivity index (χ3n) is 13.5. The molecule has 0 unspecified atom stereocenters. The van der Waals surface area contributed by atoms with Crippen LogP contribution >= 0.6 is 0 Å². The minimum Gasteiger partial charge on any atom is -0.497 e. The molecular formula is C46H50N4O9Si. The highest BCUT2D eigenvalue weighted by Crippen LogP contribution is 2.60. The van der Waals surface area contributed by atoms with Crippen molar-refractivity contribution in [2.45, 2.75) is 69.2 Å². The maximum absolute atomic E-state index is 15.6. The van der Waals surface area contributed by atoms with Crippen LogP contribution in [0.15, 0.2) is 91.0 Å². The van der Waals surface area contributed by atoms with E-state index in [1.807, 2.05) is 78.9 Å². The Bertz CT molecular complexity index is 2360. The molecule has 312 valence electrons. The van der Waals surface area contributed by atoms with Gasteiger partial charge in [0.25, 0.3) is 5.91 Å². The molecule has 5 aliphatic heterocycles. The highest BCUT2D eigenvalue weighted by atomic mass is 28.3. The molecule has 1 spiro atoms. The Labute approximate surface area is 350 Å². The number of cyclic esters (lactones) is 2. The molecule has 1 N–H and O–H groups in total. The summed E-state index contributed by atoms with van der Waals surface area (Å²) in [5.41, 5.74) is 3.78. The van der Waals surface area contributed by atoms with Crippen molar-refractivity contribution in [2.24, 2.45) is 5.92 Å². The van der Waals surface area contributed by atoms with Crippen LogP contribution in [-0.2, 0) is 48.9 Å². The number of nitrogens with zero attached hydrogens (tertiary/aromatic N) is 4. The van der Waals surface area contributed by atoms with Crippen molar-refractivity contribution in [1.29, 1.82) is 0 Å². The number of aliphatic hydroxyl groups is 1. The SMILES string of the molecule is COc1ccc([Si](C)(C)[C@@H]2[C@@H](CC(=O)N3Cc4ccccc4C[C@H]3CO)O[C@]3(C(=O)N(Cc4cccc(N5CCOC5=O)c4)c4ccc(N5CCOC5=O)cc43)[C@H]2C)cc1. The lowest BCUT2D eigenvalue weighted by Gasteiger charge is -2.39. The van der Waals surface area contributed by atoms with E-state index in [0.717, 1.165) is 27.6 Å². The Morgan fingerprint density at radius 3 is 2.20 bits per heavy atom. The zero-order valence-electron chi connectivity index (χ0n) is 34.3. The number of fused-ring (bicyclic) bond motifs is 3. The first-order valence-electron chi connectivity index (χ1n) is 20.7. The van der Waals surface area contributed by atoms with Gasteiger partial charge >= 0.3 is 12.2 Å². The van der Waals surface area contributed by atoms with Gasteiger partial charge in [0.1, 0.15) is 19.0 Å². The predicted molar refractivity (Wildman–Crippen MR) is 227 cm³/mol. The summed E-state index contributed by atoms with van der Waals surface area (Å²) >= 11 is 0. The highest BCUT2D eigenvalue weighted by Gasteiger charge is 2.66. The van der Waals surface area contributed by atoms with Gasteiger partial charge in [-0.15, -0.1) is 0 Å². The molecule has 60 heavy (non-hydrogen) atoms. The van der Waals surface area contributed by atoms with Gasteiger partial charge in [0.15, 0.2) is 5.60 Å². The van der Waals surface area contributed by atoms with Crippen molar-refractivity contribution in [3.63, 3.8) is 0 Å². The highest BCUT2D eigenvalue weighted by molar-refractivity contribution is 6.91. The first-order valence-corrected chi connectivity index (χ1v) is 23.8. The van der Waals surface area contributed by atoms with Crippen molar-refractivity contribution < 1.29 is 43.2 Å². The van der Waals surface area contributed by atoms with E-state index in [4.69, 9.17) is 18.9 Å². The lowest BCUT2D eigenvalue weighted by molar-refractivity contribution is -0.151. The molecule has 5 heterocycles. The van der Waals surface area contributed by atoms with Gasteiger partial charge in [0.05, 0.1) is 65.7 Å². The number of aliphatic hydroxyl groups excluding tert-OH is 1. The van der Waals surface area contributed by atoms with E-state index < -0.39 is 43.9 Å². The second-order valence-corrected chi connectivity index (χ2v) is 21.7. The quantitative estimate of drug-likeness (QED) is 0.200. The summed E-state index contributed by atoms with van der Waals surface area (Å²) in [5.74, 6) is -0.0814. The van der Waals surface area contributed by atoms with Gasteiger partial charge in [-0.2, -0.15) is 0 Å². The van der Waals surface area contributed by atoms with Crippen LogP contribution in [0.2, 0.25) is 18.6 Å². The predicted octanol–water partition coefficient (Wildman–Crippen LogP) is 5.71. The molecule has 0 bridgehead atoms. The van der Waals surface area contributed by atoms with Gasteiger partial charge in [-0.3, -0.25) is 19.4 Å². The summed E-state index contributed by atoms with van der Waals surface area (Å²) < 4.78 is 23.4. The van der Waals surface area contributed by atoms with Crippen molar-refractivity contribution >= 4 is 54.3 Å². The monoisotopic (exact) mass is 830 g/mol. The summed E-state index contributed by atoms with van der Waals surface area (Å²) in [5, 5.41) is 11.7. The molecule has 0 radical (unpaired) electrons. The average molecular weight is 831 g/mol. The maximum Gasteiger partial charge on any atom is 0.414 e. The van der Waals surface area contributed by atoms with Crippen LogP contribution in [0.3, 0.4) is 0 Å². The van der Waals surface area contributed by atoms with Gasteiger partial charge in [-0.05, 0) is 71.1 Å². The molecular weight excluding hydrogens is 781 g/mol. The zero-order valence-corrected chi connectivity index (χ0v) is 35.3. The fourth-order valence-corrected chi connectivity index (χ4v) is 14.4. The maximum atomic E-state index is 15.6. The van der Waals surface area contributed by atoms with Crippen LogP contribution in [0.25, 0.3) is 0 Å². The average Bonchev–Trinajstić information content (AvgIpc) is 4.02. The summed E-state index contributed by atoms with van der Waals surface area (Å²) in [7, 11) is -0.998. The number of carbonyl (C=O) groups is 4. The summed E-state index contributed by atoms with van der Waals surface area (Å²) in [6.45, 7) is 8.35. The standard InChI is InChI=1S/C46H50N4O9Si/c1-29-42(60(3,4)37-15-13-36(56-2)14-16-37)40(25-41(52)49-27-32-10-6-5-9-31(32)23-35(49)28-51)59-46(29)38-24-34(48-19-21-58-45(48)55)12-17-39(38)50(43(46)53)26-30-8-7-11-33(22-30)47-18-20-57-44(47)54/h5-17,22,24,29,35,40,42,51H,18-21,23,25-28H2,1-4H3/t29-,35-,40+,42-,46+/m0/s1. The minimum atomic E-state index is -2.63. The zero-order chi connectivity index (χ0) is 41.9. The van der Waals surface area contributed by atoms with Gasteiger partial charge in [0.2, 0.25) is 5.91 Å². The molecule has 9 rings (SSSR count). The molecule has 0 aliphatic carbocycles. The van der Waals surface area contributed by atoms with E-state index in [1.54, 1.807) is 26.7 Å². The van der Waals surface area contributed by atoms with Crippen LogP contribution in [-0.4, -0.2) is 94.2 Å². The molecule has 5 aliphatic rings. The second-order valence-electron chi connectivity index (χ2n) is 17.0. The van der Waals surface area contributed by atoms with Gasteiger partial charge in [0, 0.05) is 29.4 Å². The lowest BCUT2D eigenvalue weighted by Crippen LogP contribution is -2.52. The number of hydrogen-bond acceptors (Lipinski definition) is 9. The normalized spacial score (nSPS) is 24.9. The number of carbonyl (C=O) groups excluding carboxylic acids is 4. The van der Waals surface area contributed by atoms with E-state index in [9.17, 15) is 19.5 Å². The molecule has 4 amide bonds. The van der Waals surface area contributed by atoms with E-state index in [-0.39, 0.29) is 43.5 Å². The van der Waals surface area contributed by atoms with Crippen molar-refractivity contribution in [3.8, 4) is 5.75 Å². The Balaban J connectivity index is 1.14. The van der Waals surface area contributed by atoms with E-state index in [2.05, 4.69) is 32.2 Å². The van der Waals surface area contributed by atoms with Crippen LogP contribution in [0.1, 0.15) is 35.6 Å². The largest absolute Gasteiger partial charge is 0.497 e. The van der Waals surface area contributed by atoms with Gasteiger partial charge in [-0.1, -0.05) is 73.7 Å². The molecule has 3 fully saturated rings. The van der Waals surface area contributed by atoms with Gasteiger partial charge < -0.3 is 33.9 Å².